The number of carbonyl (C=O) groups is 1. The van der Waals surface area contributed by atoms with Gasteiger partial charge in [0.05, 0.1) is 6.42 Å². The number of aliphatic carboxylic acids is 1. The molecule has 0 saturated heterocycles. The summed E-state index contributed by atoms with van der Waals surface area (Å²) < 4.78 is 0. The molecule has 0 aromatic carbocycles. The third kappa shape index (κ3) is 5.12. The normalized spacial score (nSPS) is 12.2. The maximum Gasteiger partial charge on any atom is 0.303 e. The molecular formula is C13H18O2S. The van der Waals surface area contributed by atoms with Crippen LogP contribution in [0.1, 0.15) is 36.9 Å². The second-order valence-corrected chi connectivity index (χ2v) is 6.10. The van der Waals surface area contributed by atoms with Crippen molar-refractivity contribution in [2.75, 3.05) is 0 Å². The zero-order valence-electron chi connectivity index (χ0n) is 9.99. The molecule has 1 heterocycles. The minimum atomic E-state index is -0.736. The molecular weight excluding hydrogens is 220 g/mol. The lowest BCUT2D eigenvalue weighted by molar-refractivity contribution is -0.136. The second-order valence-electron chi connectivity index (χ2n) is 4.90. The molecule has 16 heavy (non-hydrogen) atoms. The number of thiophene rings is 1. The number of hydrogen-bond acceptors (Lipinski definition) is 2. The van der Waals surface area contributed by atoms with E-state index in [1.165, 1.54) is 4.88 Å². The van der Waals surface area contributed by atoms with E-state index in [1.54, 1.807) is 11.3 Å². The Morgan fingerprint density at radius 1 is 1.44 bits per heavy atom. The van der Waals surface area contributed by atoms with Gasteiger partial charge in [0.1, 0.15) is 0 Å². The van der Waals surface area contributed by atoms with Gasteiger partial charge < -0.3 is 5.11 Å². The van der Waals surface area contributed by atoms with E-state index in [9.17, 15) is 4.79 Å². The molecule has 1 aromatic heterocycles. The molecule has 0 aliphatic carbocycles. The minimum absolute atomic E-state index is 0.186. The zero-order valence-corrected chi connectivity index (χ0v) is 10.8. The number of rotatable bonds is 4. The van der Waals surface area contributed by atoms with E-state index in [0.717, 1.165) is 4.88 Å². The molecule has 0 atom stereocenters. The van der Waals surface area contributed by atoms with Crippen molar-refractivity contribution in [3.05, 3.63) is 28.0 Å². The summed E-state index contributed by atoms with van der Waals surface area (Å²) in [6.07, 6.45) is 5.11. The first-order chi connectivity index (χ1) is 7.37. The summed E-state index contributed by atoms with van der Waals surface area (Å²) in [4.78, 5) is 12.8. The first-order valence-corrected chi connectivity index (χ1v) is 6.18. The van der Waals surface area contributed by atoms with Crippen LogP contribution in [0.15, 0.2) is 18.2 Å². The Morgan fingerprint density at radius 2 is 2.12 bits per heavy atom. The van der Waals surface area contributed by atoms with Crippen LogP contribution in [0.25, 0.3) is 6.08 Å². The number of carboxylic acid groups (broad SMARTS) is 1. The topological polar surface area (TPSA) is 37.3 Å². The van der Waals surface area contributed by atoms with Crippen LogP contribution < -0.4 is 0 Å². The summed E-state index contributed by atoms with van der Waals surface area (Å²) in [5.74, 6) is -0.736. The third-order valence-corrected chi connectivity index (χ3v) is 3.13. The number of allylic oxidation sites excluding steroid dienone is 1. The van der Waals surface area contributed by atoms with Crippen LogP contribution in [0.5, 0.6) is 0 Å². The molecule has 0 unspecified atom stereocenters. The van der Waals surface area contributed by atoms with Crippen LogP contribution in [0.2, 0.25) is 0 Å². The summed E-state index contributed by atoms with van der Waals surface area (Å²) in [5.41, 5.74) is 0.186. The molecule has 88 valence electrons. The summed E-state index contributed by atoms with van der Waals surface area (Å²) in [6, 6.07) is 4.06. The van der Waals surface area contributed by atoms with Gasteiger partial charge in [-0.3, -0.25) is 4.79 Å². The fourth-order valence-corrected chi connectivity index (χ4v) is 2.10. The van der Waals surface area contributed by atoms with Gasteiger partial charge in [-0.25, -0.2) is 0 Å². The Balaban J connectivity index is 2.58. The Kier molecular flexibility index (Phi) is 4.30. The van der Waals surface area contributed by atoms with Crippen molar-refractivity contribution >= 4 is 23.4 Å². The molecule has 3 heteroatoms. The van der Waals surface area contributed by atoms with Crippen molar-refractivity contribution in [3.8, 4) is 0 Å². The van der Waals surface area contributed by atoms with Gasteiger partial charge in [-0.1, -0.05) is 26.8 Å². The maximum atomic E-state index is 10.4. The summed E-state index contributed by atoms with van der Waals surface area (Å²) >= 11 is 1.67. The van der Waals surface area contributed by atoms with Gasteiger partial charge in [-0.05, 0) is 30.0 Å². The van der Waals surface area contributed by atoms with Crippen molar-refractivity contribution in [2.45, 2.75) is 33.6 Å². The van der Waals surface area contributed by atoms with Crippen molar-refractivity contribution in [3.63, 3.8) is 0 Å². The smallest absolute Gasteiger partial charge is 0.303 e. The van der Waals surface area contributed by atoms with Crippen molar-refractivity contribution in [1.29, 1.82) is 0 Å². The van der Waals surface area contributed by atoms with Gasteiger partial charge in [-0.2, -0.15) is 0 Å². The highest BCUT2D eigenvalue weighted by Crippen LogP contribution is 2.22. The SMILES string of the molecule is CC(C)(C)C=Cc1ccc(CCC(=O)O)s1. The van der Waals surface area contributed by atoms with E-state index < -0.39 is 5.97 Å². The highest BCUT2D eigenvalue weighted by atomic mass is 32.1. The lowest BCUT2D eigenvalue weighted by Crippen LogP contribution is -1.97. The summed E-state index contributed by atoms with van der Waals surface area (Å²) in [5, 5.41) is 8.58. The molecule has 0 bridgehead atoms. The third-order valence-electron chi connectivity index (χ3n) is 2.02. The van der Waals surface area contributed by atoms with Crippen molar-refractivity contribution in [1.82, 2.24) is 0 Å². The summed E-state index contributed by atoms with van der Waals surface area (Å²) in [7, 11) is 0. The molecule has 0 radical (unpaired) electrons. The van der Waals surface area contributed by atoms with Crippen LogP contribution in [0.3, 0.4) is 0 Å². The van der Waals surface area contributed by atoms with Gasteiger partial charge in [0.25, 0.3) is 0 Å². The van der Waals surface area contributed by atoms with Crippen LogP contribution >= 0.6 is 11.3 Å². The van der Waals surface area contributed by atoms with Gasteiger partial charge in [0.15, 0.2) is 0 Å². The zero-order chi connectivity index (χ0) is 12.2. The van der Waals surface area contributed by atoms with E-state index in [-0.39, 0.29) is 11.8 Å². The highest BCUT2D eigenvalue weighted by molar-refractivity contribution is 7.12. The second kappa shape index (κ2) is 5.30. The number of carboxylic acids is 1. The molecule has 1 aromatic rings. The molecule has 1 rings (SSSR count). The average molecular weight is 238 g/mol. The van der Waals surface area contributed by atoms with Crippen LogP contribution in [0, 0.1) is 5.41 Å². The summed E-state index contributed by atoms with van der Waals surface area (Å²) in [6.45, 7) is 6.47. The Bertz CT molecular complexity index is 383. The largest absolute Gasteiger partial charge is 0.481 e. The van der Waals surface area contributed by atoms with Crippen molar-refractivity contribution < 1.29 is 9.90 Å². The molecule has 0 saturated carbocycles. The lowest BCUT2D eigenvalue weighted by atomic mass is 9.96. The Morgan fingerprint density at radius 3 is 2.69 bits per heavy atom. The first kappa shape index (κ1) is 13.0. The van der Waals surface area contributed by atoms with Crippen molar-refractivity contribution in [2.24, 2.45) is 5.41 Å². The van der Waals surface area contributed by atoms with Crippen LogP contribution in [-0.2, 0) is 11.2 Å². The van der Waals surface area contributed by atoms with E-state index in [0.29, 0.717) is 6.42 Å². The standard InChI is InChI=1S/C13H18O2S/c1-13(2,3)9-8-11-5-4-10(16-11)6-7-12(14)15/h4-5,8-9H,6-7H2,1-3H3,(H,14,15). The van der Waals surface area contributed by atoms with E-state index in [2.05, 4.69) is 32.9 Å². The van der Waals surface area contributed by atoms with Crippen LogP contribution in [0.4, 0.5) is 0 Å². The van der Waals surface area contributed by atoms with Crippen LogP contribution in [-0.4, -0.2) is 11.1 Å². The molecule has 0 aliphatic heterocycles. The van der Waals surface area contributed by atoms with E-state index in [1.807, 2.05) is 12.1 Å². The molecule has 0 fully saturated rings. The number of aryl methyl sites for hydroxylation is 1. The van der Waals surface area contributed by atoms with E-state index in [4.69, 9.17) is 5.11 Å². The fourth-order valence-electron chi connectivity index (χ4n) is 1.18. The van der Waals surface area contributed by atoms with E-state index >= 15 is 0 Å². The fraction of sp³-hybridized carbons (Fsp3) is 0.462. The minimum Gasteiger partial charge on any atom is -0.481 e. The predicted molar refractivity (Wildman–Crippen MR) is 68.8 cm³/mol. The predicted octanol–water partition coefficient (Wildman–Crippen LogP) is 3.82. The Hall–Kier alpha value is -1.09. The van der Waals surface area contributed by atoms with Gasteiger partial charge >= 0.3 is 5.97 Å². The lowest BCUT2D eigenvalue weighted by Gasteiger charge is -2.10. The Labute approximate surface area is 101 Å². The monoisotopic (exact) mass is 238 g/mol. The molecule has 0 amide bonds. The molecule has 2 nitrogen and oxygen atoms in total. The molecule has 1 N–H and O–H groups in total. The maximum absolute atomic E-state index is 10.4. The number of hydrogen-bond donors (Lipinski definition) is 1. The quantitative estimate of drug-likeness (QED) is 0.865. The van der Waals surface area contributed by atoms with Gasteiger partial charge in [-0.15, -0.1) is 11.3 Å². The first-order valence-electron chi connectivity index (χ1n) is 5.36. The highest BCUT2D eigenvalue weighted by Gasteiger charge is 2.05. The van der Waals surface area contributed by atoms with Gasteiger partial charge in [0.2, 0.25) is 0 Å². The average Bonchev–Trinajstić information content (AvgIpc) is 2.58. The molecule has 0 spiro atoms. The molecule has 0 aliphatic rings. The van der Waals surface area contributed by atoms with Gasteiger partial charge in [0, 0.05) is 9.75 Å².